The maximum absolute atomic E-state index is 11.4. The number of fused-ring (bicyclic) bond motifs is 5. The van der Waals surface area contributed by atoms with Crippen molar-refractivity contribution in [2.45, 2.75) is 110 Å². The zero-order chi connectivity index (χ0) is 22.4. The van der Waals surface area contributed by atoms with Gasteiger partial charge in [0, 0.05) is 0 Å². The summed E-state index contributed by atoms with van der Waals surface area (Å²) in [6.45, 7) is 11.8. The predicted octanol–water partition coefficient (Wildman–Crippen LogP) is 4.36. The number of hydrogen-bond donors (Lipinski definition) is 4. The second-order valence-electron chi connectivity index (χ2n) is 12.4. The van der Waals surface area contributed by atoms with Crippen LogP contribution in [0, 0.1) is 46.3 Å². The number of hydrogen-bond acceptors (Lipinski definition) is 4. The molecule has 4 fully saturated rings. The molecule has 0 aliphatic heterocycles. The largest absolute Gasteiger partial charge is 0.393 e. The summed E-state index contributed by atoms with van der Waals surface area (Å²) < 4.78 is 0. The molecule has 4 N–H and O–H groups in total. The highest BCUT2D eigenvalue weighted by Gasteiger charge is 2.65. The normalized spacial score (nSPS) is 50.4. The molecule has 4 aliphatic carbocycles. The molecule has 0 bridgehead atoms. The van der Waals surface area contributed by atoms with Crippen molar-refractivity contribution in [3.05, 3.63) is 0 Å². The summed E-state index contributed by atoms with van der Waals surface area (Å²) in [6.07, 6.45) is 9.62. The Labute approximate surface area is 190 Å². The van der Waals surface area contributed by atoms with E-state index in [1.165, 1.54) is 44.9 Å². The first-order valence-electron chi connectivity index (χ1n) is 13.5. The van der Waals surface area contributed by atoms with Crippen molar-refractivity contribution >= 4 is 0 Å². The molecule has 4 nitrogen and oxygen atoms in total. The minimum Gasteiger partial charge on any atom is -0.393 e. The monoisotopic (exact) mass is 435 g/mol. The molecule has 31 heavy (non-hydrogen) atoms. The van der Waals surface area contributed by atoms with E-state index in [0.717, 1.165) is 37.8 Å². The summed E-state index contributed by atoms with van der Waals surface area (Å²) in [5, 5.41) is 36.4. The maximum atomic E-state index is 11.4. The minimum absolute atomic E-state index is 0.0450. The van der Waals surface area contributed by atoms with Crippen molar-refractivity contribution in [1.29, 1.82) is 0 Å². The second-order valence-corrected chi connectivity index (χ2v) is 12.4. The van der Waals surface area contributed by atoms with Crippen molar-refractivity contribution in [1.82, 2.24) is 5.32 Å². The highest BCUT2D eigenvalue weighted by Crippen LogP contribution is 2.68. The molecule has 180 valence electrons. The Morgan fingerprint density at radius 3 is 2.32 bits per heavy atom. The van der Waals surface area contributed by atoms with Crippen LogP contribution in [-0.2, 0) is 0 Å². The first-order chi connectivity index (χ1) is 14.7. The first-order valence-corrected chi connectivity index (χ1v) is 13.5. The fraction of sp³-hybridized carbons (Fsp3) is 1.00. The summed E-state index contributed by atoms with van der Waals surface area (Å²) in [5.74, 6) is 2.78. The first kappa shape index (κ1) is 24.0. The lowest BCUT2D eigenvalue weighted by molar-refractivity contribution is -0.223. The van der Waals surface area contributed by atoms with E-state index in [1.54, 1.807) is 0 Å². The maximum Gasteiger partial charge on any atom is 0.0836 e. The van der Waals surface area contributed by atoms with Crippen molar-refractivity contribution in [2.75, 3.05) is 13.1 Å². The Hall–Kier alpha value is -0.160. The average molecular weight is 436 g/mol. The highest BCUT2D eigenvalue weighted by molar-refractivity contribution is 5.14. The van der Waals surface area contributed by atoms with E-state index in [9.17, 15) is 15.3 Å². The van der Waals surface area contributed by atoms with Gasteiger partial charge in [0.1, 0.15) is 0 Å². The lowest BCUT2D eigenvalue weighted by atomic mass is 9.43. The molecule has 0 saturated heterocycles. The van der Waals surface area contributed by atoms with Crippen molar-refractivity contribution in [3.8, 4) is 0 Å². The summed E-state index contributed by atoms with van der Waals surface area (Å²) in [6, 6.07) is 0. The fourth-order valence-corrected chi connectivity index (χ4v) is 9.27. The fourth-order valence-electron chi connectivity index (χ4n) is 9.27. The topological polar surface area (TPSA) is 72.7 Å². The molecular weight excluding hydrogens is 386 g/mol. The van der Waals surface area contributed by atoms with E-state index in [2.05, 4.69) is 33.0 Å². The quantitative estimate of drug-likeness (QED) is 0.448. The zero-order valence-corrected chi connectivity index (χ0v) is 20.5. The van der Waals surface area contributed by atoms with Gasteiger partial charge in [0.2, 0.25) is 0 Å². The summed E-state index contributed by atoms with van der Waals surface area (Å²) in [4.78, 5) is 0. The van der Waals surface area contributed by atoms with E-state index < -0.39 is 12.2 Å². The van der Waals surface area contributed by atoms with Crippen LogP contribution in [0.3, 0.4) is 0 Å². The van der Waals surface area contributed by atoms with Gasteiger partial charge in [0.05, 0.1) is 18.3 Å². The van der Waals surface area contributed by atoms with Crippen molar-refractivity contribution in [2.24, 2.45) is 46.3 Å². The van der Waals surface area contributed by atoms with Gasteiger partial charge in [-0.05, 0) is 124 Å². The molecule has 0 aromatic heterocycles. The van der Waals surface area contributed by atoms with E-state index in [4.69, 9.17) is 0 Å². The third-order valence-corrected chi connectivity index (χ3v) is 10.9. The molecular formula is C27H49NO3. The van der Waals surface area contributed by atoms with Crippen molar-refractivity contribution in [3.63, 3.8) is 0 Å². The lowest BCUT2D eigenvalue weighted by Crippen LogP contribution is -2.64. The van der Waals surface area contributed by atoms with Crippen LogP contribution >= 0.6 is 0 Å². The van der Waals surface area contributed by atoms with Gasteiger partial charge < -0.3 is 20.6 Å². The lowest BCUT2D eigenvalue weighted by Gasteiger charge is -2.63. The molecule has 0 aromatic carbocycles. The predicted molar refractivity (Wildman–Crippen MR) is 126 cm³/mol. The van der Waals surface area contributed by atoms with E-state index in [-0.39, 0.29) is 23.4 Å². The number of rotatable bonds is 7. The molecule has 4 aliphatic rings. The Kier molecular flexibility index (Phi) is 7.14. The Balaban J connectivity index is 1.49. The molecule has 6 unspecified atom stereocenters. The van der Waals surface area contributed by atoms with Crippen LogP contribution in [0.4, 0.5) is 0 Å². The molecule has 11 atom stereocenters. The second kappa shape index (κ2) is 9.24. The molecule has 0 amide bonds. The van der Waals surface area contributed by atoms with Gasteiger partial charge >= 0.3 is 0 Å². The molecule has 0 spiro atoms. The van der Waals surface area contributed by atoms with E-state index >= 15 is 0 Å². The third kappa shape index (κ3) is 4.02. The Morgan fingerprint density at radius 2 is 1.58 bits per heavy atom. The third-order valence-electron chi connectivity index (χ3n) is 10.9. The molecule has 4 rings (SSSR count). The van der Waals surface area contributed by atoms with Gasteiger partial charge in [-0.25, -0.2) is 0 Å². The van der Waals surface area contributed by atoms with Gasteiger partial charge in [0.25, 0.3) is 0 Å². The number of nitrogens with one attached hydrogen (secondary N) is 1. The Morgan fingerprint density at radius 1 is 0.871 bits per heavy atom. The van der Waals surface area contributed by atoms with Crippen LogP contribution in [0.5, 0.6) is 0 Å². The molecule has 4 saturated carbocycles. The summed E-state index contributed by atoms with van der Waals surface area (Å²) >= 11 is 0. The zero-order valence-electron chi connectivity index (χ0n) is 20.5. The van der Waals surface area contributed by atoms with Gasteiger partial charge in [-0.3, -0.25) is 0 Å². The van der Waals surface area contributed by atoms with E-state index in [0.29, 0.717) is 23.7 Å². The van der Waals surface area contributed by atoms with Crippen LogP contribution in [0.1, 0.15) is 91.9 Å². The molecule has 0 aromatic rings. The van der Waals surface area contributed by atoms with Gasteiger partial charge in [-0.2, -0.15) is 0 Å². The number of aliphatic hydroxyl groups excluding tert-OH is 3. The van der Waals surface area contributed by atoms with Crippen LogP contribution < -0.4 is 5.32 Å². The van der Waals surface area contributed by atoms with Gasteiger partial charge in [0.15, 0.2) is 0 Å². The van der Waals surface area contributed by atoms with Crippen LogP contribution in [0.25, 0.3) is 0 Å². The van der Waals surface area contributed by atoms with Gasteiger partial charge in [-0.15, -0.1) is 0 Å². The summed E-state index contributed by atoms with van der Waals surface area (Å²) in [7, 11) is 0. The van der Waals surface area contributed by atoms with Crippen molar-refractivity contribution < 1.29 is 15.3 Å². The average Bonchev–Trinajstić information content (AvgIpc) is 3.10. The smallest absolute Gasteiger partial charge is 0.0836 e. The Bertz CT molecular complexity index is 613. The minimum atomic E-state index is -0.676. The molecule has 0 heterocycles. The molecule has 0 radical (unpaired) electrons. The molecule has 4 heteroatoms. The van der Waals surface area contributed by atoms with Crippen LogP contribution in [0.15, 0.2) is 0 Å². The van der Waals surface area contributed by atoms with Gasteiger partial charge in [-0.1, -0.05) is 27.7 Å². The van der Waals surface area contributed by atoms with E-state index in [1.807, 2.05) is 0 Å². The van der Waals surface area contributed by atoms with Crippen LogP contribution in [0.2, 0.25) is 0 Å². The van der Waals surface area contributed by atoms with Crippen LogP contribution in [-0.4, -0.2) is 46.7 Å². The highest BCUT2D eigenvalue weighted by atomic mass is 16.3. The SMILES string of the molecule is CCCNCCCC(C)C1CCC2C3C(O)[C@@H](O)[C@@H]4C[C@H](O)CC[C@]4(C)C3CC[C@]12C. The number of aliphatic hydroxyl groups is 3. The summed E-state index contributed by atoms with van der Waals surface area (Å²) in [5.41, 5.74) is 0.369. The standard InChI is InChI=1S/C27H49NO3/c1-5-14-28-15-6-7-17(2)19-8-9-20-23-21(11-13-26(19,20)3)27(4)12-10-18(29)16-22(27)24(30)25(23)31/h17-25,28-31H,5-16H2,1-4H3/t17?,18-,19?,20?,21?,22+,23?,24+,25?,26-,27-/m1/s1.